The molecule has 3 unspecified atom stereocenters. The Hall–Kier alpha value is -2.44. The van der Waals surface area contributed by atoms with Crippen molar-refractivity contribution in [3.63, 3.8) is 0 Å². The maximum absolute atomic E-state index is 12.8. The van der Waals surface area contributed by atoms with Crippen LogP contribution in [0.1, 0.15) is 50.9 Å². The number of para-hydroxylation sites is 1. The lowest BCUT2D eigenvalue weighted by Gasteiger charge is -2.38. The van der Waals surface area contributed by atoms with Gasteiger partial charge in [0.1, 0.15) is 0 Å². The van der Waals surface area contributed by atoms with Crippen LogP contribution in [-0.2, 0) is 0 Å². The highest BCUT2D eigenvalue weighted by Crippen LogP contribution is 2.36. The van der Waals surface area contributed by atoms with Crippen molar-refractivity contribution >= 4 is 6.03 Å². The first-order valence-electron chi connectivity index (χ1n) is 9.15. The molecule has 2 aromatic rings. The van der Waals surface area contributed by atoms with Gasteiger partial charge < -0.3 is 10.2 Å². The van der Waals surface area contributed by atoms with E-state index in [-0.39, 0.29) is 12.1 Å². The number of carbonyl (C=O) groups excluding carboxylic acids is 1. The normalized spacial score (nSPS) is 24.0. The molecule has 132 valence electrons. The second-order valence-electron chi connectivity index (χ2n) is 7.05. The van der Waals surface area contributed by atoms with E-state index in [2.05, 4.69) is 20.8 Å². The van der Waals surface area contributed by atoms with E-state index in [0.29, 0.717) is 17.8 Å². The van der Waals surface area contributed by atoms with Crippen molar-refractivity contribution < 1.29 is 4.79 Å². The van der Waals surface area contributed by atoms with Crippen molar-refractivity contribution in [2.45, 2.75) is 51.1 Å². The zero-order valence-corrected chi connectivity index (χ0v) is 14.5. The van der Waals surface area contributed by atoms with E-state index in [9.17, 15) is 4.79 Å². The van der Waals surface area contributed by atoms with Gasteiger partial charge in [0, 0.05) is 12.6 Å². The Labute approximate surface area is 147 Å². The van der Waals surface area contributed by atoms with E-state index in [1.807, 2.05) is 42.2 Å². The van der Waals surface area contributed by atoms with Crippen LogP contribution >= 0.6 is 0 Å². The van der Waals surface area contributed by atoms with Gasteiger partial charge in [-0.2, -0.15) is 4.68 Å². The fourth-order valence-corrected chi connectivity index (χ4v) is 4.26. The smallest absolute Gasteiger partial charge is 0.318 e. The zero-order valence-electron chi connectivity index (χ0n) is 14.5. The van der Waals surface area contributed by atoms with Gasteiger partial charge in [-0.3, -0.25) is 0 Å². The summed E-state index contributed by atoms with van der Waals surface area (Å²) < 4.78 is 1.68. The quantitative estimate of drug-likeness (QED) is 0.932. The van der Waals surface area contributed by atoms with E-state index in [4.69, 9.17) is 0 Å². The fourth-order valence-electron chi connectivity index (χ4n) is 4.26. The fraction of sp³-hybridized carbons (Fsp3) is 0.556. The molecule has 2 heterocycles. The summed E-state index contributed by atoms with van der Waals surface area (Å²) in [6.45, 7) is 2.78. The number of hydrogen-bond acceptors (Lipinski definition) is 4. The molecule has 3 atom stereocenters. The number of piperidine rings is 1. The lowest BCUT2D eigenvalue weighted by atomic mass is 9.92. The van der Waals surface area contributed by atoms with Gasteiger partial charge in [0.2, 0.25) is 0 Å². The van der Waals surface area contributed by atoms with Gasteiger partial charge in [0.15, 0.2) is 5.82 Å². The summed E-state index contributed by atoms with van der Waals surface area (Å²) >= 11 is 0. The summed E-state index contributed by atoms with van der Waals surface area (Å²) in [5.74, 6) is 1.32. The molecule has 25 heavy (non-hydrogen) atoms. The van der Waals surface area contributed by atoms with Gasteiger partial charge in [0.05, 0.1) is 11.7 Å². The number of amides is 2. The molecule has 7 heteroatoms. The lowest BCUT2D eigenvalue weighted by Crippen LogP contribution is -2.51. The van der Waals surface area contributed by atoms with E-state index < -0.39 is 0 Å². The number of tetrazole rings is 1. The van der Waals surface area contributed by atoms with Crippen LogP contribution in [0, 0.1) is 5.92 Å². The molecule has 4 rings (SSSR count). The Morgan fingerprint density at radius 2 is 2.00 bits per heavy atom. The van der Waals surface area contributed by atoms with Crippen molar-refractivity contribution in [3.8, 4) is 5.69 Å². The van der Waals surface area contributed by atoms with Gasteiger partial charge in [-0.05, 0) is 61.1 Å². The minimum absolute atomic E-state index is 0.00621. The molecule has 7 nitrogen and oxygen atoms in total. The van der Waals surface area contributed by atoms with E-state index in [1.165, 1.54) is 19.3 Å². The highest BCUT2D eigenvalue weighted by molar-refractivity contribution is 5.75. The molecule has 1 aliphatic heterocycles. The number of urea groups is 1. The highest BCUT2D eigenvalue weighted by atomic mass is 16.2. The first-order valence-corrected chi connectivity index (χ1v) is 9.15. The molecule has 2 aliphatic rings. The number of nitrogens with one attached hydrogen (secondary N) is 1. The van der Waals surface area contributed by atoms with Crippen molar-refractivity contribution in [2.75, 3.05) is 6.54 Å². The number of nitrogens with zero attached hydrogens (tertiary/aromatic N) is 5. The van der Waals surface area contributed by atoms with Crippen LogP contribution in [0.25, 0.3) is 5.69 Å². The Kier molecular flexibility index (Phi) is 4.38. The lowest BCUT2D eigenvalue weighted by molar-refractivity contribution is 0.126. The summed E-state index contributed by atoms with van der Waals surface area (Å²) in [4.78, 5) is 14.9. The third kappa shape index (κ3) is 3.10. The van der Waals surface area contributed by atoms with E-state index in [1.54, 1.807) is 4.68 Å². The predicted molar refractivity (Wildman–Crippen MR) is 93.2 cm³/mol. The monoisotopic (exact) mass is 340 g/mol. The van der Waals surface area contributed by atoms with E-state index in [0.717, 1.165) is 25.1 Å². The highest BCUT2D eigenvalue weighted by Gasteiger charge is 2.37. The molecule has 0 bridgehead atoms. The Bertz CT molecular complexity index is 730. The predicted octanol–water partition coefficient (Wildman–Crippen LogP) is 2.70. The summed E-state index contributed by atoms with van der Waals surface area (Å²) in [7, 11) is 0. The molecule has 1 saturated heterocycles. The van der Waals surface area contributed by atoms with Crippen molar-refractivity contribution in [2.24, 2.45) is 5.92 Å². The van der Waals surface area contributed by atoms with Gasteiger partial charge >= 0.3 is 6.03 Å². The third-order valence-corrected chi connectivity index (χ3v) is 5.48. The molecule has 1 N–H and O–H groups in total. The molecule has 1 saturated carbocycles. The van der Waals surface area contributed by atoms with Gasteiger partial charge in [-0.25, -0.2) is 4.79 Å². The average molecular weight is 340 g/mol. The van der Waals surface area contributed by atoms with Gasteiger partial charge in [-0.1, -0.05) is 24.6 Å². The van der Waals surface area contributed by atoms with Crippen LogP contribution in [0.3, 0.4) is 0 Å². The number of fused-ring (bicyclic) bond motifs is 1. The molecular weight excluding hydrogens is 316 g/mol. The average Bonchev–Trinajstić information content (AvgIpc) is 3.31. The molecule has 2 amide bonds. The molecule has 0 spiro atoms. The molecule has 2 fully saturated rings. The van der Waals surface area contributed by atoms with E-state index >= 15 is 0 Å². The minimum atomic E-state index is -0.260. The summed E-state index contributed by atoms with van der Waals surface area (Å²) in [6.07, 6.45) is 5.99. The second kappa shape index (κ2) is 6.82. The standard InChI is InChI=1S/C18H24N6O/c1-13(17-20-21-22-24(17)15-9-3-2-4-10-15)19-18(25)23-12-6-8-14-7-5-11-16(14)23/h2-4,9-10,13-14,16H,5-8,11-12H2,1H3,(H,19,25). The van der Waals surface area contributed by atoms with Crippen LogP contribution in [0.2, 0.25) is 0 Å². The van der Waals surface area contributed by atoms with Gasteiger partial charge in [0.25, 0.3) is 0 Å². The second-order valence-corrected chi connectivity index (χ2v) is 7.05. The number of carbonyl (C=O) groups is 1. The maximum Gasteiger partial charge on any atom is 0.318 e. The molecule has 1 aliphatic carbocycles. The number of rotatable bonds is 3. The largest absolute Gasteiger partial charge is 0.328 e. The maximum atomic E-state index is 12.8. The van der Waals surface area contributed by atoms with Crippen LogP contribution in [0.4, 0.5) is 4.79 Å². The first kappa shape index (κ1) is 16.1. The number of benzene rings is 1. The van der Waals surface area contributed by atoms with Crippen LogP contribution in [0.5, 0.6) is 0 Å². The minimum Gasteiger partial charge on any atom is -0.328 e. The first-order chi connectivity index (χ1) is 12.2. The Morgan fingerprint density at radius 3 is 2.84 bits per heavy atom. The third-order valence-electron chi connectivity index (χ3n) is 5.48. The Morgan fingerprint density at radius 1 is 1.20 bits per heavy atom. The Balaban J connectivity index is 1.48. The summed E-state index contributed by atoms with van der Waals surface area (Å²) in [5.41, 5.74) is 0.887. The SMILES string of the molecule is CC(NC(=O)N1CCCC2CCCC21)c1nnnn1-c1ccccc1. The molecule has 0 radical (unpaired) electrons. The molecule has 1 aromatic heterocycles. The zero-order chi connectivity index (χ0) is 17.2. The summed E-state index contributed by atoms with van der Waals surface area (Å²) in [5, 5.41) is 15.1. The topological polar surface area (TPSA) is 75.9 Å². The van der Waals surface area contributed by atoms with Crippen LogP contribution in [-0.4, -0.2) is 43.7 Å². The van der Waals surface area contributed by atoms with Crippen molar-refractivity contribution in [1.82, 2.24) is 30.4 Å². The van der Waals surface area contributed by atoms with Crippen molar-refractivity contribution in [1.29, 1.82) is 0 Å². The van der Waals surface area contributed by atoms with Crippen LogP contribution < -0.4 is 5.32 Å². The number of hydrogen-bond donors (Lipinski definition) is 1. The van der Waals surface area contributed by atoms with Gasteiger partial charge in [-0.15, -0.1) is 5.10 Å². The number of likely N-dealkylation sites (tertiary alicyclic amines) is 1. The molecule has 1 aromatic carbocycles. The van der Waals surface area contributed by atoms with Crippen LogP contribution in [0.15, 0.2) is 30.3 Å². The summed E-state index contributed by atoms with van der Waals surface area (Å²) in [6, 6.07) is 9.88. The number of aromatic nitrogens is 4. The molecular formula is C18H24N6O. The van der Waals surface area contributed by atoms with Crippen molar-refractivity contribution in [3.05, 3.63) is 36.2 Å².